The summed E-state index contributed by atoms with van der Waals surface area (Å²) in [5, 5.41) is 0. The SMILES string of the molecule is O=S(=O)(c1ccccc1)N(c1ccccc1)c1ccc(C(F)(F)F)cc1. The summed E-state index contributed by atoms with van der Waals surface area (Å²) in [4.78, 5) is 0.0451. The summed E-state index contributed by atoms with van der Waals surface area (Å²) in [5.41, 5.74) is -0.393. The average molecular weight is 377 g/mol. The molecule has 3 nitrogen and oxygen atoms in total. The van der Waals surface area contributed by atoms with Gasteiger partial charge in [0.1, 0.15) is 0 Å². The lowest BCUT2D eigenvalue weighted by atomic mass is 10.2. The van der Waals surface area contributed by atoms with Gasteiger partial charge in [-0.1, -0.05) is 36.4 Å². The molecule has 134 valence electrons. The molecule has 0 bridgehead atoms. The average Bonchev–Trinajstić information content (AvgIpc) is 2.63. The molecule has 0 heterocycles. The number of halogens is 3. The second-order valence-corrected chi connectivity index (χ2v) is 7.25. The minimum atomic E-state index is -4.49. The van der Waals surface area contributed by atoms with Crippen molar-refractivity contribution in [2.45, 2.75) is 11.1 Å². The van der Waals surface area contributed by atoms with E-state index in [2.05, 4.69) is 0 Å². The third kappa shape index (κ3) is 3.57. The van der Waals surface area contributed by atoms with E-state index in [4.69, 9.17) is 0 Å². The smallest absolute Gasteiger partial charge is 0.235 e. The molecule has 0 atom stereocenters. The number of nitrogens with zero attached hydrogens (tertiary/aromatic N) is 1. The van der Waals surface area contributed by atoms with Crippen molar-refractivity contribution in [1.29, 1.82) is 0 Å². The first kappa shape index (κ1) is 18.0. The van der Waals surface area contributed by atoms with Crippen molar-refractivity contribution in [2.24, 2.45) is 0 Å². The molecule has 0 unspecified atom stereocenters. The monoisotopic (exact) mass is 377 g/mol. The summed E-state index contributed by atoms with van der Waals surface area (Å²) in [6, 6.07) is 20.0. The molecular formula is C19H14F3NO2S. The van der Waals surface area contributed by atoms with Gasteiger partial charge < -0.3 is 0 Å². The Morgan fingerprint density at radius 2 is 1.12 bits per heavy atom. The van der Waals surface area contributed by atoms with Crippen LogP contribution in [0.2, 0.25) is 0 Å². The highest BCUT2D eigenvalue weighted by Gasteiger charge is 2.31. The lowest BCUT2D eigenvalue weighted by Crippen LogP contribution is -2.26. The molecule has 26 heavy (non-hydrogen) atoms. The quantitative estimate of drug-likeness (QED) is 0.624. The van der Waals surface area contributed by atoms with Crippen molar-refractivity contribution in [3.8, 4) is 0 Å². The largest absolute Gasteiger partial charge is 0.416 e. The number of hydrogen-bond acceptors (Lipinski definition) is 2. The number of sulfonamides is 1. The fraction of sp³-hybridized carbons (Fsp3) is 0.0526. The summed E-state index contributed by atoms with van der Waals surface area (Å²) >= 11 is 0. The Morgan fingerprint density at radius 3 is 1.62 bits per heavy atom. The van der Waals surface area contributed by atoms with Crippen LogP contribution in [0.5, 0.6) is 0 Å². The van der Waals surface area contributed by atoms with Crippen LogP contribution in [0.4, 0.5) is 24.5 Å². The van der Waals surface area contributed by atoms with Gasteiger partial charge in [0.2, 0.25) is 0 Å². The minimum Gasteiger partial charge on any atom is -0.235 e. The molecule has 0 aliphatic carbocycles. The van der Waals surface area contributed by atoms with Gasteiger partial charge in [0.25, 0.3) is 10.0 Å². The zero-order valence-corrected chi connectivity index (χ0v) is 14.2. The first-order valence-corrected chi connectivity index (χ1v) is 9.07. The van der Waals surface area contributed by atoms with E-state index in [1.54, 1.807) is 48.5 Å². The zero-order chi connectivity index (χ0) is 18.8. The lowest BCUT2D eigenvalue weighted by Gasteiger charge is -2.25. The summed E-state index contributed by atoms with van der Waals surface area (Å²) in [7, 11) is -4.00. The lowest BCUT2D eigenvalue weighted by molar-refractivity contribution is -0.137. The molecule has 0 aliphatic heterocycles. The Hall–Kier alpha value is -2.80. The highest BCUT2D eigenvalue weighted by Crippen LogP contribution is 2.35. The fourth-order valence-electron chi connectivity index (χ4n) is 2.47. The minimum absolute atomic E-state index is 0.0451. The van der Waals surface area contributed by atoms with Crippen molar-refractivity contribution in [2.75, 3.05) is 4.31 Å². The van der Waals surface area contributed by atoms with Crippen LogP contribution in [0.1, 0.15) is 5.56 Å². The molecule has 0 saturated heterocycles. The van der Waals surface area contributed by atoms with Crippen LogP contribution in [0.15, 0.2) is 89.8 Å². The Morgan fingerprint density at radius 1 is 0.654 bits per heavy atom. The molecule has 0 aromatic heterocycles. The van der Waals surface area contributed by atoms with E-state index in [-0.39, 0.29) is 10.6 Å². The summed E-state index contributed by atoms with van der Waals surface area (Å²) in [6.07, 6.45) is -4.49. The summed E-state index contributed by atoms with van der Waals surface area (Å²) in [5.74, 6) is 0. The van der Waals surface area contributed by atoms with Crippen LogP contribution < -0.4 is 4.31 Å². The molecule has 0 fully saturated rings. The maximum Gasteiger partial charge on any atom is 0.416 e. The van der Waals surface area contributed by atoms with Crippen molar-refractivity contribution < 1.29 is 21.6 Å². The fourth-order valence-corrected chi connectivity index (χ4v) is 3.98. The van der Waals surface area contributed by atoms with Crippen molar-refractivity contribution in [3.05, 3.63) is 90.5 Å². The zero-order valence-electron chi connectivity index (χ0n) is 13.4. The van der Waals surface area contributed by atoms with Crippen molar-refractivity contribution in [1.82, 2.24) is 0 Å². The van der Waals surface area contributed by atoms with Gasteiger partial charge in [-0.3, -0.25) is 0 Å². The van der Waals surface area contributed by atoms with E-state index in [1.807, 2.05) is 0 Å². The molecule has 0 aliphatic rings. The summed E-state index contributed by atoms with van der Waals surface area (Å²) in [6.45, 7) is 0. The molecule has 0 amide bonds. The van der Waals surface area contributed by atoms with Crippen LogP contribution in [0.3, 0.4) is 0 Å². The van der Waals surface area contributed by atoms with Gasteiger partial charge in [0.15, 0.2) is 0 Å². The molecule has 0 radical (unpaired) electrons. The standard InChI is InChI=1S/C19H14F3NO2S/c20-19(21,22)15-11-13-17(14-12-15)23(16-7-3-1-4-8-16)26(24,25)18-9-5-2-6-10-18/h1-14H. The Bertz CT molecular complexity index is 971. The molecule has 3 rings (SSSR count). The second kappa shape index (κ2) is 6.84. The van der Waals surface area contributed by atoms with Crippen LogP contribution in [0, 0.1) is 0 Å². The van der Waals surface area contributed by atoms with Gasteiger partial charge in [-0.15, -0.1) is 0 Å². The number of anilines is 2. The first-order chi connectivity index (χ1) is 12.3. The Kier molecular flexibility index (Phi) is 4.73. The third-order valence-electron chi connectivity index (χ3n) is 3.70. The Balaban J connectivity index is 2.14. The van der Waals surface area contributed by atoms with Gasteiger partial charge >= 0.3 is 6.18 Å². The molecule has 0 spiro atoms. The van der Waals surface area contributed by atoms with Crippen molar-refractivity contribution in [3.63, 3.8) is 0 Å². The number of alkyl halides is 3. The highest BCUT2D eigenvalue weighted by atomic mass is 32.2. The number of rotatable bonds is 4. The molecule has 7 heteroatoms. The molecule has 0 saturated carbocycles. The second-order valence-electron chi connectivity index (χ2n) is 5.46. The molecule has 0 N–H and O–H groups in total. The van der Waals surface area contributed by atoms with E-state index in [0.29, 0.717) is 5.69 Å². The normalized spacial score (nSPS) is 12.0. The van der Waals surface area contributed by atoms with Crippen LogP contribution >= 0.6 is 0 Å². The maximum absolute atomic E-state index is 13.1. The van der Waals surface area contributed by atoms with E-state index >= 15 is 0 Å². The predicted molar refractivity (Wildman–Crippen MR) is 93.7 cm³/mol. The van der Waals surface area contributed by atoms with E-state index in [9.17, 15) is 21.6 Å². The Labute approximate surface area is 149 Å². The van der Waals surface area contributed by atoms with E-state index in [1.165, 1.54) is 12.1 Å². The summed E-state index contributed by atoms with van der Waals surface area (Å²) < 4.78 is 65.7. The molecular weight excluding hydrogens is 363 g/mol. The van der Waals surface area contributed by atoms with Gasteiger partial charge in [0, 0.05) is 0 Å². The number of hydrogen-bond donors (Lipinski definition) is 0. The van der Waals surface area contributed by atoms with Gasteiger partial charge in [-0.25, -0.2) is 12.7 Å². The van der Waals surface area contributed by atoms with Crippen LogP contribution in [0.25, 0.3) is 0 Å². The topological polar surface area (TPSA) is 37.4 Å². The van der Waals surface area contributed by atoms with Crippen molar-refractivity contribution >= 4 is 21.4 Å². The van der Waals surface area contributed by atoms with Crippen LogP contribution in [-0.4, -0.2) is 8.42 Å². The third-order valence-corrected chi connectivity index (χ3v) is 5.47. The van der Waals surface area contributed by atoms with E-state index in [0.717, 1.165) is 28.6 Å². The maximum atomic E-state index is 13.1. The van der Waals surface area contributed by atoms with Gasteiger partial charge in [-0.05, 0) is 48.5 Å². The number of benzene rings is 3. The van der Waals surface area contributed by atoms with Gasteiger partial charge in [-0.2, -0.15) is 13.2 Å². The highest BCUT2D eigenvalue weighted by molar-refractivity contribution is 7.93. The molecule has 3 aromatic rings. The number of para-hydroxylation sites is 1. The van der Waals surface area contributed by atoms with E-state index < -0.39 is 21.8 Å². The van der Waals surface area contributed by atoms with Crippen LogP contribution in [-0.2, 0) is 16.2 Å². The predicted octanol–water partition coefficient (Wildman–Crippen LogP) is 5.23. The van der Waals surface area contributed by atoms with Gasteiger partial charge in [0.05, 0.1) is 21.8 Å². The first-order valence-electron chi connectivity index (χ1n) is 7.63. The molecule has 3 aromatic carbocycles.